The lowest BCUT2D eigenvalue weighted by Gasteiger charge is -2.32. The van der Waals surface area contributed by atoms with Crippen LogP contribution < -0.4 is 5.73 Å². The molecule has 0 radical (unpaired) electrons. The van der Waals surface area contributed by atoms with E-state index in [0.717, 1.165) is 43.6 Å². The van der Waals surface area contributed by atoms with E-state index in [2.05, 4.69) is 10.1 Å². The molecule has 7 nitrogen and oxygen atoms in total. The van der Waals surface area contributed by atoms with Gasteiger partial charge in [-0.1, -0.05) is 11.2 Å². The third-order valence-corrected chi connectivity index (χ3v) is 5.35. The molecule has 1 saturated heterocycles. The highest BCUT2D eigenvalue weighted by Gasteiger charge is 2.23. The fourth-order valence-corrected chi connectivity index (χ4v) is 3.67. The van der Waals surface area contributed by atoms with E-state index in [-0.39, 0.29) is 12.0 Å². The fourth-order valence-electron chi connectivity index (χ4n) is 3.02. The summed E-state index contributed by atoms with van der Waals surface area (Å²) in [6.45, 7) is 2.92. The van der Waals surface area contributed by atoms with Crippen molar-refractivity contribution in [1.82, 2.24) is 15.0 Å². The molecule has 142 valence electrons. The average molecular weight is 378 g/mol. The standard InChI is InChI=1S/C18H26N4O3S/c19-9-3-12-24-14-7-10-22(11-8-14)17(23)6-1-5-16-20-18(21-25-16)15-4-2-13-26-15/h2,4,13-14H,1,3,5-12,19H2. The molecule has 0 unspecified atom stereocenters. The van der Waals surface area contributed by atoms with Crippen LogP contribution in [0.1, 0.15) is 38.0 Å². The van der Waals surface area contributed by atoms with Gasteiger partial charge in [0.25, 0.3) is 0 Å². The van der Waals surface area contributed by atoms with Crippen molar-refractivity contribution in [2.24, 2.45) is 5.73 Å². The number of piperidine rings is 1. The number of nitrogens with two attached hydrogens (primary N) is 1. The lowest BCUT2D eigenvalue weighted by atomic mass is 10.1. The minimum absolute atomic E-state index is 0.198. The summed E-state index contributed by atoms with van der Waals surface area (Å²) < 4.78 is 11.1. The number of aromatic nitrogens is 2. The van der Waals surface area contributed by atoms with Gasteiger partial charge < -0.3 is 19.9 Å². The fraction of sp³-hybridized carbons (Fsp3) is 0.611. The summed E-state index contributed by atoms with van der Waals surface area (Å²) in [6.07, 6.45) is 4.83. The topological polar surface area (TPSA) is 94.5 Å². The highest BCUT2D eigenvalue weighted by atomic mass is 32.1. The van der Waals surface area contributed by atoms with E-state index in [1.54, 1.807) is 11.3 Å². The first-order valence-corrected chi connectivity index (χ1v) is 10.1. The summed E-state index contributed by atoms with van der Waals surface area (Å²) in [5.41, 5.74) is 5.47. The molecule has 0 saturated carbocycles. The zero-order valence-corrected chi connectivity index (χ0v) is 15.7. The van der Waals surface area contributed by atoms with Gasteiger partial charge in [-0.05, 0) is 43.7 Å². The van der Waals surface area contributed by atoms with Crippen LogP contribution in [0.4, 0.5) is 0 Å². The summed E-state index contributed by atoms with van der Waals surface area (Å²) in [4.78, 5) is 19.7. The number of hydrogen-bond donors (Lipinski definition) is 1. The highest BCUT2D eigenvalue weighted by molar-refractivity contribution is 7.13. The van der Waals surface area contributed by atoms with Crippen LogP contribution in [0.15, 0.2) is 22.0 Å². The zero-order chi connectivity index (χ0) is 18.2. The molecule has 1 aliphatic rings. The maximum absolute atomic E-state index is 12.4. The number of nitrogens with zero attached hydrogens (tertiary/aromatic N) is 3. The van der Waals surface area contributed by atoms with E-state index in [0.29, 0.717) is 37.7 Å². The number of likely N-dealkylation sites (tertiary alicyclic amines) is 1. The van der Waals surface area contributed by atoms with Crippen molar-refractivity contribution in [3.63, 3.8) is 0 Å². The van der Waals surface area contributed by atoms with Gasteiger partial charge in [-0.2, -0.15) is 4.98 Å². The van der Waals surface area contributed by atoms with Crippen LogP contribution in [0.25, 0.3) is 10.7 Å². The molecule has 1 amide bonds. The number of thiophene rings is 1. The van der Waals surface area contributed by atoms with Gasteiger partial charge in [0.1, 0.15) is 0 Å². The van der Waals surface area contributed by atoms with Crippen LogP contribution in [0, 0.1) is 0 Å². The van der Waals surface area contributed by atoms with E-state index in [1.807, 2.05) is 22.4 Å². The van der Waals surface area contributed by atoms with Crippen LogP contribution in [0.2, 0.25) is 0 Å². The Kier molecular flexibility index (Phi) is 7.16. The summed E-state index contributed by atoms with van der Waals surface area (Å²) in [6, 6.07) is 3.92. The molecule has 26 heavy (non-hydrogen) atoms. The van der Waals surface area contributed by atoms with E-state index >= 15 is 0 Å². The molecule has 2 N–H and O–H groups in total. The number of aryl methyl sites for hydroxylation is 1. The molecule has 1 fully saturated rings. The van der Waals surface area contributed by atoms with Gasteiger partial charge in [0.05, 0.1) is 11.0 Å². The van der Waals surface area contributed by atoms with Crippen LogP contribution in [-0.4, -0.2) is 53.3 Å². The van der Waals surface area contributed by atoms with Crippen molar-refractivity contribution in [3.05, 3.63) is 23.4 Å². The maximum Gasteiger partial charge on any atom is 0.226 e. The van der Waals surface area contributed by atoms with Gasteiger partial charge in [-0.3, -0.25) is 4.79 Å². The highest BCUT2D eigenvalue weighted by Crippen LogP contribution is 2.22. The molecular formula is C18H26N4O3S. The molecule has 1 aliphatic heterocycles. The van der Waals surface area contributed by atoms with Crippen molar-refractivity contribution in [2.45, 2.75) is 44.6 Å². The van der Waals surface area contributed by atoms with Crippen LogP contribution in [0.5, 0.6) is 0 Å². The largest absolute Gasteiger partial charge is 0.378 e. The number of carbonyl (C=O) groups excluding carboxylic acids is 1. The second kappa shape index (κ2) is 9.80. The second-order valence-corrected chi connectivity index (χ2v) is 7.38. The van der Waals surface area contributed by atoms with Gasteiger partial charge in [-0.25, -0.2) is 0 Å². The Morgan fingerprint density at radius 3 is 2.96 bits per heavy atom. The van der Waals surface area contributed by atoms with Crippen molar-refractivity contribution in [1.29, 1.82) is 0 Å². The molecule has 8 heteroatoms. The molecule has 0 aromatic carbocycles. The number of hydrogen-bond acceptors (Lipinski definition) is 7. The zero-order valence-electron chi connectivity index (χ0n) is 14.9. The number of ether oxygens (including phenoxy) is 1. The van der Waals surface area contributed by atoms with Crippen LogP contribution >= 0.6 is 11.3 Å². The predicted molar refractivity (Wildman–Crippen MR) is 99.8 cm³/mol. The molecule has 0 atom stereocenters. The third-order valence-electron chi connectivity index (χ3n) is 4.49. The maximum atomic E-state index is 12.4. The quantitative estimate of drug-likeness (QED) is 0.674. The second-order valence-electron chi connectivity index (χ2n) is 6.44. The lowest BCUT2D eigenvalue weighted by molar-refractivity contribution is -0.133. The minimum atomic E-state index is 0.198. The van der Waals surface area contributed by atoms with Crippen molar-refractivity contribution < 1.29 is 14.1 Å². The normalized spacial score (nSPS) is 15.5. The van der Waals surface area contributed by atoms with Crippen molar-refractivity contribution in [3.8, 4) is 10.7 Å². The predicted octanol–water partition coefficient (Wildman–Crippen LogP) is 2.48. The molecule has 3 rings (SSSR count). The van der Waals surface area contributed by atoms with E-state index < -0.39 is 0 Å². The summed E-state index contributed by atoms with van der Waals surface area (Å²) in [5.74, 6) is 1.41. The van der Waals surface area contributed by atoms with Gasteiger partial charge in [-0.15, -0.1) is 11.3 Å². The molecule has 3 heterocycles. The monoisotopic (exact) mass is 378 g/mol. The third kappa shape index (κ3) is 5.36. The summed E-state index contributed by atoms with van der Waals surface area (Å²) in [7, 11) is 0. The van der Waals surface area contributed by atoms with Crippen LogP contribution in [-0.2, 0) is 16.0 Å². The van der Waals surface area contributed by atoms with E-state index in [4.69, 9.17) is 15.0 Å². The smallest absolute Gasteiger partial charge is 0.226 e. The number of carbonyl (C=O) groups is 1. The Hall–Kier alpha value is -1.77. The molecule has 0 bridgehead atoms. The molecule has 0 aliphatic carbocycles. The Morgan fingerprint density at radius 1 is 1.38 bits per heavy atom. The molecular weight excluding hydrogens is 352 g/mol. The first-order valence-electron chi connectivity index (χ1n) is 9.22. The minimum Gasteiger partial charge on any atom is -0.378 e. The Morgan fingerprint density at radius 2 is 2.23 bits per heavy atom. The SMILES string of the molecule is NCCCOC1CCN(C(=O)CCCc2nc(-c3cccs3)no2)CC1. The lowest BCUT2D eigenvalue weighted by Crippen LogP contribution is -2.41. The number of rotatable bonds is 9. The summed E-state index contributed by atoms with van der Waals surface area (Å²) in [5, 5.41) is 5.98. The first-order chi connectivity index (χ1) is 12.8. The molecule has 2 aromatic rings. The van der Waals surface area contributed by atoms with Crippen molar-refractivity contribution in [2.75, 3.05) is 26.2 Å². The molecule has 0 spiro atoms. The molecule has 2 aromatic heterocycles. The van der Waals surface area contributed by atoms with Gasteiger partial charge in [0.15, 0.2) is 0 Å². The Labute approximate surface area is 157 Å². The first kappa shape index (κ1) is 19.0. The van der Waals surface area contributed by atoms with Gasteiger partial charge in [0, 0.05) is 32.5 Å². The Bertz CT molecular complexity index is 666. The van der Waals surface area contributed by atoms with Crippen LogP contribution in [0.3, 0.4) is 0 Å². The Balaban J connectivity index is 1.35. The van der Waals surface area contributed by atoms with Gasteiger partial charge >= 0.3 is 0 Å². The summed E-state index contributed by atoms with van der Waals surface area (Å²) >= 11 is 1.58. The average Bonchev–Trinajstić information content (AvgIpc) is 3.34. The van der Waals surface area contributed by atoms with E-state index in [1.165, 1.54) is 0 Å². The van der Waals surface area contributed by atoms with Gasteiger partial charge in [0.2, 0.25) is 17.6 Å². The van der Waals surface area contributed by atoms with Crippen molar-refractivity contribution >= 4 is 17.2 Å². The number of amides is 1. The van der Waals surface area contributed by atoms with E-state index in [9.17, 15) is 4.79 Å².